The Balaban J connectivity index is 1.62. The maximum atomic E-state index is 12.4. The van der Waals surface area contributed by atoms with Crippen molar-refractivity contribution < 1.29 is 4.79 Å². The van der Waals surface area contributed by atoms with Crippen LogP contribution < -0.4 is 10.6 Å². The second-order valence-electron chi connectivity index (χ2n) is 5.52. The molecule has 2 N–H and O–H groups in total. The fraction of sp³-hybridized carbons (Fsp3) is 0.533. The molecular formula is C15H20N2O. The van der Waals surface area contributed by atoms with Crippen molar-refractivity contribution in [1.29, 1.82) is 0 Å². The molecule has 0 aliphatic carbocycles. The van der Waals surface area contributed by atoms with E-state index in [1.807, 2.05) is 30.3 Å². The number of rotatable bonds is 3. The first-order valence-corrected chi connectivity index (χ1v) is 6.88. The van der Waals surface area contributed by atoms with Gasteiger partial charge < -0.3 is 10.6 Å². The minimum Gasteiger partial charge on any atom is -0.350 e. The number of benzene rings is 1. The van der Waals surface area contributed by atoms with Gasteiger partial charge in [0.1, 0.15) is 0 Å². The summed E-state index contributed by atoms with van der Waals surface area (Å²) in [6, 6.07) is 10.7. The monoisotopic (exact) mass is 244 g/mol. The first kappa shape index (κ1) is 11.7. The third-order valence-corrected chi connectivity index (χ3v) is 4.29. The van der Waals surface area contributed by atoms with Gasteiger partial charge in [-0.15, -0.1) is 0 Å². The van der Waals surface area contributed by atoms with Crippen molar-refractivity contribution in [3.8, 4) is 0 Å². The predicted octanol–water partition coefficient (Wildman–Crippen LogP) is 1.98. The van der Waals surface area contributed by atoms with Crippen LogP contribution in [0.1, 0.15) is 37.7 Å². The lowest BCUT2D eigenvalue weighted by molar-refractivity contribution is -0.128. The van der Waals surface area contributed by atoms with Crippen LogP contribution in [0.15, 0.2) is 30.3 Å². The molecule has 2 unspecified atom stereocenters. The predicted molar refractivity (Wildman–Crippen MR) is 71.0 cm³/mol. The summed E-state index contributed by atoms with van der Waals surface area (Å²) in [6.45, 7) is 0.633. The van der Waals surface area contributed by atoms with E-state index >= 15 is 0 Å². The van der Waals surface area contributed by atoms with Crippen LogP contribution >= 0.6 is 0 Å². The van der Waals surface area contributed by atoms with Crippen molar-refractivity contribution in [3.05, 3.63) is 35.9 Å². The number of carbonyl (C=O) groups excluding carboxylic acids is 1. The number of hydrogen-bond donors (Lipinski definition) is 2. The smallest absolute Gasteiger partial charge is 0.240 e. The summed E-state index contributed by atoms with van der Waals surface area (Å²) >= 11 is 0. The molecule has 0 spiro atoms. The lowest BCUT2D eigenvalue weighted by Crippen LogP contribution is -2.56. The Labute approximate surface area is 108 Å². The fourth-order valence-corrected chi connectivity index (χ4v) is 3.26. The molecule has 1 aromatic rings. The van der Waals surface area contributed by atoms with Gasteiger partial charge in [-0.05, 0) is 37.7 Å². The van der Waals surface area contributed by atoms with Crippen LogP contribution in [-0.2, 0) is 11.3 Å². The highest BCUT2D eigenvalue weighted by molar-refractivity contribution is 5.86. The van der Waals surface area contributed by atoms with Crippen molar-refractivity contribution in [1.82, 2.24) is 10.6 Å². The molecule has 2 fully saturated rings. The Bertz CT molecular complexity index is 427. The molecule has 2 saturated heterocycles. The van der Waals surface area contributed by atoms with Gasteiger partial charge in [0.15, 0.2) is 0 Å². The van der Waals surface area contributed by atoms with Crippen molar-refractivity contribution in [2.24, 2.45) is 0 Å². The zero-order chi connectivity index (χ0) is 12.4. The minimum absolute atomic E-state index is 0.188. The minimum atomic E-state index is -0.266. The van der Waals surface area contributed by atoms with Crippen molar-refractivity contribution in [2.45, 2.75) is 50.2 Å². The third-order valence-electron chi connectivity index (χ3n) is 4.29. The van der Waals surface area contributed by atoms with Crippen LogP contribution in [0.4, 0.5) is 0 Å². The summed E-state index contributed by atoms with van der Waals surface area (Å²) in [6.07, 6.45) is 5.55. The van der Waals surface area contributed by atoms with Crippen LogP contribution in [0.5, 0.6) is 0 Å². The Morgan fingerprint density at radius 1 is 1.28 bits per heavy atom. The Kier molecular flexibility index (Phi) is 3.08. The maximum absolute atomic E-state index is 12.4. The van der Waals surface area contributed by atoms with E-state index in [1.165, 1.54) is 12.8 Å². The molecule has 1 aromatic carbocycles. The number of amides is 1. The maximum Gasteiger partial charge on any atom is 0.240 e. The summed E-state index contributed by atoms with van der Waals surface area (Å²) in [5.74, 6) is 0.188. The molecule has 0 radical (unpaired) electrons. The molecule has 3 heteroatoms. The first-order valence-electron chi connectivity index (χ1n) is 6.88. The number of carbonyl (C=O) groups is 1. The largest absolute Gasteiger partial charge is 0.350 e. The second-order valence-corrected chi connectivity index (χ2v) is 5.52. The molecule has 3 rings (SSSR count). The van der Waals surface area contributed by atoms with Gasteiger partial charge in [0, 0.05) is 12.6 Å². The van der Waals surface area contributed by atoms with Gasteiger partial charge >= 0.3 is 0 Å². The zero-order valence-corrected chi connectivity index (χ0v) is 10.6. The molecule has 2 bridgehead atoms. The van der Waals surface area contributed by atoms with Gasteiger partial charge in [0.25, 0.3) is 0 Å². The molecule has 3 nitrogen and oxygen atoms in total. The van der Waals surface area contributed by atoms with Crippen LogP contribution in [0.25, 0.3) is 0 Å². The SMILES string of the molecule is O=C(NCc1ccccc1)C12CCCC(CC1)N2. The highest BCUT2D eigenvalue weighted by Crippen LogP contribution is 2.35. The van der Waals surface area contributed by atoms with Gasteiger partial charge in [-0.1, -0.05) is 30.3 Å². The topological polar surface area (TPSA) is 41.1 Å². The zero-order valence-electron chi connectivity index (χ0n) is 10.6. The summed E-state index contributed by atoms with van der Waals surface area (Å²) in [4.78, 5) is 12.4. The molecule has 0 aromatic heterocycles. The van der Waals surface area contributed by atoms with E-state index in [0.717, 1.165) is 24.8 Å². The van der Waals surface area contributed by atoms with Crippen LogP contribution in [0, 0.1) is 0 Å². The Hall–Kier alpha value is -1.35. The van der Waals surface area contributed by atoms with Crippen molar-refractivity contribution in [3.63, 3.8) is 0 Å². The van der Waals surface area contributed by atoms with Crippen LogP contribution in [-0.4, -0.2) is 17.5 Å². The summed E-state index contributed by atoms with van der Waals surface area (Å²) in [7, 11) is 0. The van der Waals surface area contributed by atoms with Gasteiger partial charge in [0.05, 0.1) is 5.54 Å². The van der Waals surface area contributed by atoms with Gasteiger partial charge in [-0.2, -0.15) is 0 Å². The number of fused-ring (bicyclic) bond motifs is 2. The Morgan fingerprint density at radius 2 is 2.11 bits per heavy atom. The van der Waals surface area contributed by atoms with E-state index in [0.29, 0.717) is 12.6 Å². The lowest BCUT2D eigenvalue weighted by atomic mass is 9.89. The molecule has 2 aliphatic heterocycles. The summed E-state index contributed by atoms with van der Waals surface area (Å²) in [5, 5.41) is 6.61. The quantitative estimate of drug-likeness (QED) is 0.853. The average molecular weight is 244 g/mol. The summed E-state index contributed by atoms with van der Waals surface area (Å²) in [5.41, 5.74) is 0.894. The standard InChI is InChI=1S/C15H20N2O/c18-14(16-11-12-5-2-1-3-6-12)15-9-4-7-13(17-15)8-10-15/h1-3,5-6,13,17H,4,7-11H2,(H,16,18). The number of nitrogens with one attached hydrogen (secondary N) is 2. The lowest BCUT2D eigenvalue weighted by Gasteiger charge is -2.33. The second kappa shape index (κ2) is 4.73. The first-order chi connectivity index (χ1) is 8.78. The molecule has 2 atom stereocenters. The molecule has 96 valence electrons. The average Bonchev–Trinajstić information content (AvgIpc) is 2.73. The van der Waals surface area contributed by atoms with Crippen LogP contribution in [0.2, 0.25) is 0 Å². The van der Waals surface area contributed by atoms with E-state index in [1.54, 1.807) is 0 Å². The van der Waals surface area contributed by atoms with E-state index in [-0.39, 0.29) is 11.4 Å². The van der Waals surface area contributed by atoms with Crippen LogP contribution in [0.3, 0.4) is 0 Å². The van der Waals surface area contributed by atoms with E-state index in [9.17, 15) is 4.79 Å². The van der Waals surface area contributed by atoms with Crippen molar-refractivity contribution >= 4 is 5.91 Å². The summed E-state index contributed by atoms with van der Waals surface area (Å²) < 4.78 is 0. The molecule has 0 saturated carbocycles. The Morgan fingerprint density at radius 3 is 2.94 bits per heavy atom. The third kappa shape index (κ3) is 2.15. The fourth-order valence-electron chi connectivity index (χ4n) is 3.26. The van der Waals surface area contributed by atoms with Gasteiger partial charge in [-0.25, -0.2) is 0 Å². The molecule has 1 amide bonds. The van der Waals surface area contributed by atoms with E-state index in [4.69, 9.17) is 0 Å². The van der Waals surface area contributed by atoms with Gasteiger partial charge in [-0.3, -0.25) is 4.79 Å². The van der Waals surface area contributed by atoms with Crippen molar-refractivity contribution in [2.75, 3.05) is 0 Å². The molecule has 2 heterocycles. The highest BCUT2D eigenvalue weighted by Gasteiger charge is 2.46. The number of hydrogen-bond acceptors (Lipinski definition) is 2. The number of piperidine rings is 1. The van der Waals surface area contributed by atoms with E-state index < -0.39 is 0 Å². The normalized spacial score (nSPS) is 30.1. The highest BCUT2D eigenvalue weighted by atomic mass is 16.2. The molecule has 18 heavy (non-hydrogen) atoms. The van der Waals surface area contributed by atoms with Gasteiger partial charge in [0.2, 0.25) is 5.91 Å². The molecular weight excluding hydrogens is 224 g/mol. The van der Waals surface area contributed by atoms with E-state index in [2.05, 4.69) is 10.6 Å². The molecule has 2 aliphatic rings.